The van der Waals surface area contributed by atoms with Gasteiger partial charge in [0.1, 0.15) is 5.82 Å². The Bertz CT molecular complexity index is 576. The molecule has 0 spiro atoms. The number of piperidine rings is 1. The molecule has 0 aliphatic carbocycles. The van der Waals surface area contributed by atoms with Gasteiger partial charge in [-0.05, 0) is 56.2 Å². The van der Waals surface area contributed by atoms with Gasteiger partial charge in [0.25, 0.3) is 0 Å². The lowest BCUT2D eigenvalue weighted by Gasteiger charge is -2.42. The van der Waals surface area contributed by atoms with Crippen LogP contribution < -0.4 is 5.73 Å². The van der Waals surface area contributed by atoms with Crippen LogP contribution in [0, 0.1) is 11.7 Å². The van der Waals surface area contributed by atoms with Gasteiger partial charge in [0.2, 0.25) is 5.91 Å². The first-order valence-corrected chi connectivity index (χ1v) is 8.92. The van der Waals surface area contributed by atoms with Gasteiger partial charge in [0.05, 0.1) is 5.41 Å². The number of benzene rings is 1. The molecule has 0 bridgehead atoms. The van der Waals surface area contributed by atoms with Crippen LogP contribution in [0.1, 0.15) is 38.2 Å². The number of nitrogens with two attached hydrogens (primary N) is 1. The molecule has 24 heavy (non-hydrogen) atoms. The smallest absolute Gasteiger partial charge is 0.233 e. The van der Waals surface area contributed by atoms with E-state index in [1.54, 1.807) is 6.07 Å². The Balaban J connectivity index is 1.83. The third-order valence-electron chi connectivity index (χ3n) is 5.70. The largest absolute Gasteiger partial charge is 0.381 e. The van der Waals surface area contributed by atoms with Crippen LogP contribution in [0.25, 0.3) is 0 Å². The Hall–Kier alpha value is -1.46. The van der Waals surface area contributed by atoms with Crippen LogP contribution in [-0.2, 0) is 14.9 Å². The van der Waals surface area contributed by atoms with E-state index in [2.05, 4.69) is 0 Å². The first-order chi connectivity index (χ1) is 11.5. The maximum absolute atomic E-state index is 13.8. The second-order valence-electron chi connectivity index (χ2n) is 7.19. The molecule has 1 atom stereocenters. The number of halogens is 1. The molecule has 0 radical (unpaired) electrons. The van der Waals surface area contributed by atoms with Gasteiger partial charge in [0, 0.05) is 32.3 Å². The Morgan fingerprint density at radius 3 is 2.58 bits per heavy atom. The summed E-state index contributed by atoms with van der Waals surface area (Å²) in [6.07, 6.45) is 3.11. The molecule has 2 fully saturated rings. The maximum atomic E-state index is 13.8. The second-order valence-corrected chi connectivity index (χ2v) is 7.19. The van der Waals surface area contributed by atoms with Crippen LogP contribution in [0.2, 0.25) is 0 Å². The number of amides is 1. The van der Waals surface area contributed by atoms with E-state index in [-0.39, 0.29) is 17.8 Å². The van der Waals surface area contributed by atoms with E-state index in [0.29, 0.717) is 32.0 Å². The predicted octanol–water partition coefficient (Wildman–Crippen LogP) is 2.46. The number of carbonyl (C=O) groups excluding carboxylic acids is 1. The lowest BCUT2D eigenvalue weighted by Crippen LogP contribution is -2.53. The molecule has 1 amide bonds. The molecular formula is C19H27FN2O2. The minimum absolute atomic E-state index is 0.125. The van der Waals surface area contributed by atoms with Crippen LogP contribution in [0.15, 0.2) is 24.3 Å². The van der Waals surface area contributed by atoms with Crippen molar-refractivity contribution in [1.82, 2.24) is 4.90 Å². The van der Waals surface area contributed by atoms with E-state index < -0.39 is 5.41 Å². The van der Waals surface area contributed by atoms with Crippen molar-refractivity contribution < 1.29 is 13.9 Å². The van der Waals surface area contributed by atoms with E-state index in [1.165, 1.54) is 12.1 Å². The number of nitrogens with zero attached hydrogens (tertiary/aromatic N) is 1. The van der Waals surface area contributed by atoms with Crippen molar-refractivity contribution in [2.75, 3.05) is 26.3 Å². The molecule has 0 saturated carbocycles. The molecule has 1 aromatic carbocycles. The van der Waals surface area contributed by atoms with Crippen molar-refractivity contribution in [2.45, 2.75) is 44.1 Å². The molecule has 0 aromatic heterocycles. The number of carbonyl (C=O) groups is 1. The van der Waals surface area contributed by atoms with Crippen LogP contribution >= 0.6 is 0 Å². The normalized spacial score (nSPS) is 23.0. The maximum Gasteiger partial charge on any atom is 0.233 e. The van der Waals surface area contributed by atoms with Crippen molar-refractivity contribution in [3.8, 4) is 0 Å². The summed E-state index contributed by atoms with van der Waals surface area (Å²) in [6, 6.07) is 6.67. The standard InChI is InChI=1S/C19H27FN2O2/c1-14(21)15-5-9-22(10-6-15)18(23)19(7-11-24-12-8-19)16-3-2-4-17(20)13-16/h2-4,13-15H,5-12,21H2,1H3. The number of ether oxygens (including phenoxy) is 1. The average Bonchev–Trinajstić information content (AvgIpc) is 2.62. The van der Waals surface area contributed by atoms with E-state index in [1.807, 2.05) is 17.9 Å². The molecule has 2 aliphatic rings. The lowest BCUT2D eigenvalue weighted by atomic mass is 9.72. The first-order valence-electron chi connectivity index (χ1n) is 8.92. The van der Waals surface area contributed by atoms with Gasteiger partial charge in [-0.1, -0.05) is 12.1 Å². The number of likely N-dealkylation sites (tertiary alicyclic amines) is 1. The van der Waals surface area contributed by atoms with Gasteiger partial charge in [-0.15, -0.1) is 0 Å². The molecular weight excluding hydrogens is 307 g/mol. The third-order valence-corrected chi connectivity index (χ3v) is 5.70. The van der Waals surface area contributed by atoms with Gasteiger partial charge in [-0.2, -0.15) is 0 Å². The van der Waals surface area contributed by atoms with Gasteiger partial charge in [0.15, 0.2) is 0 Å². The van der Waals surface area contributed by atoms with Crippen LogP contribution in [0.5, 0.6) is 0 Å². The average molecular weight is 334 g/mol. The molecule has 2 saturated heterocycles. The quantitative estimate of drug-likeness (QED) is 0.924. The number of hydrogen-bond acceptors (Lipinski definition) is 3. The topological polar surface area (TPSA) is 55.6 Å². The monoisotopic (exact) mass is 334 g/mol. The highest BCUT2D eigenvalue weighted by Crippen LogP contribution is 2.38. The molecule has 3 rings (SSSR count). The van der Waals surface area contributed by atoms with Crippen LogP contribution in [0.3, 0.4) is 0 Å². The van der Waals surface area contributed by atoms with Gasteiger partial charge < -0.3 is 15.4 Å². The molecule has 5 heteroatoms. The Labute approximate surface area is 143 Å². The van der Waals surface area contributed by atoms with Gasteiger partial charge >= 0.3 is 0 Å². The molecule has 2 N–H and O–H groups in total. The summed E-state index contributed by atoms with van der Waals surface area (Å²) in [6.45, 7) is 4.60. The summed E-state index contributed by atoms with van der Waals surface area (Å²) in [5.41, 5.74) is 6.13. The highest BCUT2D eigenvalue weighted by molar-refractivity contribution is 5.88. The minimum Gasteiger partial charge on any atom is -0.381 e. The second kappa shape index (κ2) is 7.19. The van der Waals surface area contributed by atoms with Crippen LogP contribution in [-0.4, -0.2) is 43.2 Å². The zero-order valence-electron chi connectivity index (χ0n) is 14.3. The first kappa shape index (κ1) is 17.4. The van der Waals surface area contributed by atoms with E-state index in [9.17, 15) is 9.18 Å². The molecule has 1 aromatic rings. The van der Waals surface area contributed by atoms with Gasteiger partial charge in [-0.3, -0.25) is 4.79 Å². The summed E-state index contributed by atoms with van der Waals surface area (Å²) in [7, 11) is 0. The zero-order chi connectivity index (χ0) is 17.2. The van der Waals surface area contributed by atoms with E-state index in [0.717, 1.165) is 31.5 Å². The summed E-state index contributed by atoms with van der Waals surface area (Å²) in [5, 5.41) is 0. The summed E-state index contributed by atoms with van der Waals surface area (Å²) < 4.78 is 19.2. The SMILES string of the molecule is CC(N)C1CCN(C(=O)C2(c3cccc(F)c3)CCOCC2)CC1. The minimum atomic E-state index is -0.651. The third kappa shape index (κ3) is 3.33. The molecule has 2 aliphatic heterocycles. The van der Waals surface area contributed by atoms with Crippen molar-refractivity contribution in [3.63, 3.8) is 0 Å². The lowest BCUT2D eigenvalue weighted by molar-refractivity contribution is -0.143. The van der Waals surface area contributed by atoms with Crippen LogP contribution in [0.4, 0.5) is 4.39 Å². The van der Waals surface area contributed by atoms with Crippen molar-refractivity contribution in [3.05, 3.63) is 35.6 Å². The van der Waals surface area contributed by atoms with Crippen molar-refractivity contribution in [2.24, 2.45) is 11.7 Å². The molecule has 132 valence electrons. The molecule has 1 unspecified atom stereocenters. The van der Waals surface area contributed by atoms with E-state index in [4.69, 9.17) is 10.5 Å². The number of rotatable bonds is 3. The summed E-state index contributed by atoms with van der Waals surface area (Å²) in [5.74, 6) is 0.315. The molecule has 2 heterocycles. The Morgan fingerprint density at radius 2 is 2.00 bits per heavy atom. The predicted molar refractivity (Wildman–Crippen MR) is 91.1 cm³/mol. The fourth-order valence-corrected chi connectivity index (χ4v) is 4.06. The number of hydrogen-bond donors (Lipinski definition) is 1. The van der Waals surface area contributed by atoms with Crippen molar-refractivity contribution in [1.29, 1.82) is 0 Å². The fraction of sp³-hybridized carbons (Fsp3) is 0.632. The van der Waals surface area contributed by atoms with E-state index >= 15 is 0 Å². The Kier molecular flexibility index (Phi) is 5.21. The Morgan fingerprint density at radius 1 is 1.33 bits per heavy atom. The van der Waals surface area contributed by atoms with Gasteiger partial charge in [-0.25, -0.2) is 4.39 Å². The summed E-state index contributed by atoms with van der Waals surface area (Å²) >= 11 is 0. The van der Waals surface area contributed by atoms with Crippen molar-refractivity contribution >= 4 is 5.91 Å². The highest BCUT2D eigenvalue weighted by atomic mass is 19.1. The molecule has 4 nitrogen and oxygen atoms in total. The summed E-state index contributed by atoms with van der Waals surface area (Å²) in [4.78, 5) is 15.3. The highest BCUT2D eigenvalue weighted by Gasteiger charge is 2.44. The zero-order valence-corrected chi connectivity index (χ0v) is 14.3. The fourth-order valence-electron chi connectivity index (χ4n) is 4.06.